The maximum Gasteiger partial charge on any atom is 0.161 e. The fraction of sp³-hybridized carbons (Fsp3) is 0.368. The number of nitrogens with zero attached hydrogens (tertiary/aromatic N) is 4. The van der Waals surface area contributed by atoms with Crippen LogP contribution in [-0.4, -0.2) is 57.7 Å². The van der Waals surface area contributed by atoms with E-state index in [1.54, 1.807) is 6.20 Å². The van der Waals surface area contributed by atoms with E-state index in [4.69, 9.17) is 9.72 Å². The highest BCUT2D eigenvalue weighted by molar-refractivity contribution is 5.83. The first-order valence-electron chi connectivity index (χ1n) is 8.63. The van der Waals surface area contributed by atoms with Crippen molar-refractivity contribution in [1.29, 1.82) is 0 Å². The van der Waals surface area contributed by atoms with Crippen LogP contribution in [0.15, 0.2) is 42.6 Å². The maximum atomic E-state index is 10.2. The molecule has 0 saturated carbocycles. The molecule has 3 atom stereocenters. The number of rotatable bonds is 4. The Labute approximate surface area is 151 Å². The van der Waals surface area contributed by atoms with Crippen LogP contribution in [0.1, 0.15) is 12.6 Å². The molecule has 1 unspecified atom stereocenters. The number of hydrogen-bond donors (Lipinski definition) is 2. The summed E-state index contributed by atoms with van der Waals surface area (Å²) in [5.41, 5.74) is 3.53. The smallest absolute Gasteiger partial charge is 0.161 e. The molecule has 3 heterocycles. The quantitative estimate of drug-likeness (QED) is 0.743. The predicted molar refractivity (Wildman–Crippen MR) is 98.9 cm³/mol. The summed E-state index contributed by atoms with van der Waals surface area (Å²) in [6.07, 6.45) is 0.400. The zero-order valence-corrected chi connectivity index (χ0v) is 14.8. The van der Waals surface area contributed by atoms with Crippen molar-refractivity contribution in [2.45, 2.75) is 24.9 Å². The molecule has 0 amide bonds. The Hall–Kier alpha value is -2.48. The number of pyridine rings is 1. The third-order valence-corrected chi connectivity index (χ3v) is 4.76. The Morgan fingerprint density at radius 1 is 1.27 bits per heavy atom. The summed E-state index contributed by atoms with van der Waals surface area (Å²) in [6.45, 7) is -0.216. The second-order valence-electron chi connectivity index (χ2n) is 6.70. The molecule has 136 valence electrons. The fourth-order valence-electron chi connectivity index (χ4n) is 3.36. The number of imidazole rings is 1. The summed E-state index contributed by atoms with van der Waals surface area (Å²) in [5, 5.41) is 19.6. The van der Waals surface area contributed by atoms with Gasteiger partial charge in [-0.25, -0.2) is 4.98 Å². The first-order valence-corrected chi connectivity index (χ1v) is 8.63. The highest BCUT2D eigenvalue weighted by Crippen LogP contribution is 2.36. The minimum atomic E-state index is -0.712. The molecule has 1 aromatic carbocycles. The van der Waals surface area contributed by atoms with Crippen LogP contribution in [0.5, 0.6) is 0 Å². The molecule has 0 aliphatic carbocycles. The fourth-order valence-corrected chi connectivity index (χ4v) is 3.36. The van der Waals surface area contributed by atoms with E-state index in [0.717, 1.165) is 22.4 Å². The standard InChI is InChI=1S/C19H22N4O3/c1-22(2)12-6-7-13-15(9-12)23(18-10-16(25)17(11-24)26-18)19(21-13)14-5-3-4-8-20-14/h3-9,16-18,24-25H,10-11H2,1-2H3/t16?,17-,18-/m1/s1. The van der Waals surface area contributed by atoms with Crippen molar-refractivity contribution in [1.82, 2.24) is 14.5 Å². The van der Waals surface area contributed by atoms with Gasteiger partial charge < -0.3 is 19.8 Å². The summed E-state index contributed by atoms with van der Waals surface area (Å²) in [7, 11) is 3.97. The Balaban J connectivity index is 1.90. The number of fused-ring (bicyclic) bond motifs is 1. The van der Waals surface area contributed by atoms with Gasteiger partial charge in [0.25, 0.3) is 0 Å². The van der Waals surface area contributed by atoms with Gasteiger partial charge in [-0.1, -0.05) is 6.07 Å². The molecule has 1 aliphatic heterocycles. The molecule has 2 aromatic heterocycles. The Morgan fingerprint density at radius 3 is 2.77 bits per heavy atom. The van der Waals surface area contributed by atoms with Crippen LogP contribution in [-0.2, 0) is 4.74 Å². The van der Waals surface area contributed by atoms with E-state index >= 15 is 0 Å². The van der Waals surface area contributed by atoms with Crippen LogP contribution in [0.2, 0.25) is 0 Å². The lowest BCUT2D eigenvalue weighted by atomic mass is 10.2. The van der Waals surface area contributed by atoms with Crippen LogP contribution in [0.3, 0.4) is 0 Å². The van der Waals surface area contributed by atoms with E-state index in [9.17, 15) is 10.2 Å². The van der Waals surface area contributed by atoms with Crippen molar-refractivity contribution in [3.05, 3.63) is 42.6 Å². The molecule has 4 rings (SSSR count). The van der Waals surface area contributed by atoms with Gasteiger partial charge in [0.1, 0.15) is 18.0 Å². The summed E-state index contributed by atoms with van der Waals surface area (Å²) < 4.78 is 7.90. The van der Waals surface area contributed by atoms with Crippen molar-refractivity contribution >= 4 is 16.7 Å². The van der Waals surface area contributed by atoms with Crippen LogP contribution >= 0.6 is 0 Å². The van der Waals surface area contributed by atoms with E-state index in [0.29, 0.717) is 12.2 Å². The minimum Gasteiger partial charge on any atom is -0.394 e. The van der Waals surface area contributed by atoms with Crippen LogP contribution in [0, 0.1) is 0 Å². The van der Waals surface area contributed by atoms with E-state index in [1.807, 2.05) is 53.9 Å². The molecule has 7 heteroatoms. The lowest BCUT2D eigenvalue weighted by molar-refractivity contribution is -0.0425. The molecule has 1 fully saturated rings. The van der Waals surface area contributed by atoms with Crippen molar-refractivity contribution in [2.75, 3.05) is 25.6 Å². The van der Waals surface area contributed by atoms with Crippen molar-refractivity contribution in [2.24, 2.45) is 0 Å². The number of anilines is 1. The third-order valence-electron chi connectivity index (χ3n) is 4.76. The van der Waals surface area contributed by atoms with Gasteiger partial charge in [0, 0.05) is 32.4 Å². The molecule has 2 N–H and O–H groups in total. The topological polar surface area (TPSA) is 83.6 Å². The summed E-state index contributed by atoms with van der Waals surface area (Å²) >= 11 is 0. The maximum absolute atomic E-state index is 10.2. The number of aromatic nitrogens is 3. The second-order valence-corrected chi connectivity index (χ2v) is 6.70. The lowest BCUT2D eigenvalue weighted by Gasteiger charge is -2.18. The molecule has 0 spiro atoms. The summed E-state index contributed by atoms with van der Waals surface area (Å²) in [5.74, 6) is 0.687. The number of ether oxygens (including phenoxy) is 1. The monoisotopic (exact) mass is 354 g/mol. The van der Waals surface area contributed by atoms with Gasteiger partial charge in [-0.2, -0.15) is 0 Å². The van der Waals surface area contributed by atoms with E-state index in [2.05, 4.69) is 11.1 Å². The van der Waals surface area contributed by atoms with Crippen LogP contribution in [0.25, 0.3) is 22.6 Å². The SMILES string of the molecule is CN(C)c1ccc2nc(-c3ccccn3)n([C@H]3CC(O)[C@@H](CO)O3)c2c1. The Kier molecular flexibility index (Phi) is 4.36. The van der Waals surface area contributed by atoms with Crippen molar-refractivity contribution < 1.29 is 14.9 Å². The molecular formula is C19H22N4O3. The van der Waals surface area contributed by atoms with Gasteiger partial charge in [0.15, 0.2) is 5.82 Å². The number of hydrogen-bond acceptors (Lipinski definition) is 6. The molecule has 1 saturated heterocycles. The molecule has 0 radical (unpaired) electrons. The van der Waals surface area contributed by atoms with Crippen molar-refractivity contribution in [3.63, 3.8) is 0 Å². The van der Waals surface area contributed by atoms with Gasteiger partial charge in [-0.05, 0) is 30.3 Å². The first-order chi connectivity index (χ1) is 12.6. The van der Waals surface area contributed by atoms with Crippen LogP contribution in [0.4, 0.5) is 5.69 Å². The van der Waals surface area contributed by atoms with Gasteiger partial charge >= 0.3 is 0 Å². The zero-order chi connectivity index (χ0) is 18.3. The van der Waals surface area contributed by atoms with Gasteiger partial charge in [0.2, 0.25) is 0 Å². The van der Waals surface area contributed by atoms with Gasteiger partial charge in [-0.3, -0.25) is 9.55 Å². The van der Waals surface area contributed by atoms with Gasteiger partial charge in [-0.15, -0.1) is 0 Å². The predicted octanol–water partition coefficient (Wildman–Crippen LogP) is 1.80. The molecule has 3 aromatic rings. The number of aliphatic hydroxyl groups is 2. The highest BCUT2D eigenvalue weighted by atomic mass is 16.5. The summed E-state index contributed by atoms with van der Waals surface area (Å²) in [6, 6.07) is 11.7. The normalized spacial score (nSPS) is 22.8. The van der Waals surface area contributed by atoms with E-state index in [1.165, 1.54) is 0 Å². The molecule has 7 nitrogen and oxygen atoms in total. The van der Waals surface area contributed by atoms with E-state index < -0.39 is 18.4 Å². The Morgan fingerprint density at radius 2 is 2.12 bits per heavy atom. The van der Waals surface area contributed by atoms with Crippen LogP contribution < -0.4 is 4.90 Å². The first kappa shape index (κ1) is 17.0. The van der Waals surface area contributed by atoms with Crippen molar-refractivity contribution in [3.8, 4) is 11.5 Å². The largest absolute Gasteiger partial charge is 0.394 e. The zero-order valence-electron chi connectivity index (χ0n) is 14.8. The Bertz CT molecular complexity index is 910. The molecule has 26 heavy (non-hydrogen) atoms. The second kappa shape index (κ2) is 6.68. The average molecular weight is 354 g/mol. The highest BCUT2D eigenvalue weighted by Gasteiger charge is 2.36. The minimum absolute atomic E-state index is 0.216. The molecule has 1 aliphatic rings. The van der Waals surface area contributed by atoms with E-state index in [-0.39, 0.29) is 6.61 Å². The molecule has 0 bridgehead atoms. The number of benzene rings is 1. The van der Waals surface area contributed by atoms with Gasteiger partial charge in [0.05, 0.1) is 23.7 Å². The number of aliphatic hydroxyl groups excluding tert-OH is 2. The third kappa shape index (κ3) is 2.84. The molecular weight excluding hydrogens is 332 g/mol. The lowest BCUT2D eigenvalue weighted by Crippen LogP contribution is -2.24. The summed E-state index contributed by atoms with van der Waals surface area (Å²) in [4.78, 5) is 11.2. The average Bonchev–Trinajstić information content (AvgIpc) is 3.21.